The van der Waals surface area contributed by atoms with Crippen molar-refractivity contribution in [1.29, 1.82) is 0 Å². The van der Waals surface area contributed by atoms with Gasteiger partial charge in [0.25, 0.3) is 0 Å². The van der Waals surface area contributed by atoms with Crippen molar-refractivity contribution >= 4 is 49.5 Å². The first-order valence-corrected chi connectivity index (χ1v) is 12.0. The number of thiophene rings is 1. The monoisotopic (exact) mass is 423 g/mol. The molecule has 0 aliphatic heterocycles. The molecule has 1 atom stereocenters. The highest BCUT2D eigenvalue weighted by Crippen LogP contribution is 2.49. The highest BCUT2D eigenvalue weighted by Gasteiger charge is 2.36. The maximum absolute atomic E-state index is 13.0. The first-order valence-electron chi connectivity index (χ1n) is 10.0. The molecule has 4 aromatic rings. The number of nitrogens with zero attached hydrogens (tertiary/aromatic N) is 4. The topological polar surface area (TPSA) is 92.7 Å². The van der Waals surface area contributed by atoms with Crippen LogP contribution < -0.4 is 5.73 Å². The van der Waals surface area contributed by atoms with Crippen LogP contribution in [0.3, 0.4) is 0 Å². The van der Waals surface area contributed by atoms with Crippen molar-refractivity contribution in [3.8, 4) is 11.3 Å². The van der Waals surface area contributed by atoms with E-state index in [4.69, 9.17) is 10.7 Å². The quantitative estimate of drug-likeness (QED) is 0.492. The Balaban J connectivity index is 1.52. The van der Waals surface area contributed by atoms with E-state index < -0.39 is 11.2 Å². The molecule has 0 unspecified atom stereocenters. The summed E-state index contributed by atoms with van der Waals surface area (Å²) < 4.78 is 15.6. The molecular formula is C21H21N5OS2. The Morgan fingerprint density at radius 2 is 2.07 bits per heavy atom. The van der Waals surface area contributed by atoms with Crippen LogP contribution in [0.1, 0.15) is 43.6 Å². The van der Waals surface area contributed by atoms with Gasteiger partial charge in [-0.15, -0.1) is 0 Å². The zero-order valence-corrected chi connectivity index (χ0v) is 17.7. The lowest BCUT2D eigenvalue weighted by Gasteiger charge is -2.27. The van der Waals surface area contributed by atoms with Crippen molar-refractivity contribution in [2.45, 2.75) is 47.5 Å². The molecule has 0 bridgehead atoms. The maximum Gasteiger partial charge on any atom is 0.232 e. The molecule has 0 aromatic carbocycles. The molecule has 6 rings (SSSR count). The first kappa shape index (κ1) is 17.7. The van der Waals surface area contributed by atoms with Gasteiger partial charge >= 0.3 is 0 Å². The Kier molecular flexibility index (Phi) is 3.91. The molecule has 29 heavy (non-hydrogen) atoms. The van der Waals surface area contributed by atoms with Gasteiger partial charge in [0.2, 0.25) is 4.21 Å². The second kappa shape index (κ2) is 6.42. The van der Waals surface area contributed by atoms with Gasteiger partial charge in [0.1, 0.15) is 15.8 Å². The number of aromatic nitrogens is 4. The number of hydrogen-bond acceptors (Lipinski definition) is 6. The van der Waals surface area contributed by atoms with Crippen LogP contribution in [0.4, 0.5) is 5.69 Å². The molecule has 2 aliphatic carbocycles. The highest BCUT2D eigenvalue weighted by atomic mass is 32.2. The van der Waals surface area contributed by atoms with Gasteiger partial charge in [0, 0.05) is 47.0 Å². The van der Waals surface area contributed by atoms with Crippen LogP contribution in [-0.4, -0.2) is 29.6 Å². The number of fused-ring (bicyclic) bond motifs is 2. The fraction of sp³-hybridized carbons (Fsp3) is 0.381. The minimum absolute atomic E-state index is 0.256. The van der Waals surface area contributed by atoms with Crippen LogP contribution in [-0.2, 0) is 18.2 Å². The molecule has 0 saturated heterocycles. The van der Waals surface area contributed by atoms with Crippen LogP contribution >= 0.6 is 11.3 Å². The SMILES string of the molecule is Cn1cc2cc(-c3cc(C4CC4)c4c(N)c([S@@+]([O-])C5CCC5)sc4n3)cnc2n1. The summed E-state index contributed by atoms with van der Waals surface area (Å²) in [6.07, 6.45) is 9.39. The number of nitrogen functional groups attached to an aromatic ring is 1. The summed E-state index contributed by atoms with van der Waals surface area (Å²) in [7, 11) is 1.90. The van der Waals surface area contributed by atoms with Crippen LogP contribution in [0.25, 0.3) is 32.5 Å². The Labute approximate surface area is 175 Å². The number of nitrogens with two attached hydrogens (primary N) is 1. The zero-order valence-electron chi connectivity index (χ0n) is 16.1. The number of aryl methyl sites for hydroxylation is 1. The lowest BCUT2D eigenvalue weighted by Crippen LogP contribution is -2.28. The minimum atomic E-state index is -1.02. The van der Waals surface area contributed by atoms with Crippen LogP contribution in [0.5, 0.6) is 0 Å². The van der Waals surface area contributed by atoms with E-state index in [1.54, 1.807) is 4.68 Å². The summed E-state index contributed by atoms with van der Waals surface area (Å²) in [5.41, 5.74) is 11.1. The van der Waals surface area contributed by atoms with Crippen molar-refractivity contribution < 1.29 is 4.55 Å². The van der Waals surface area contributed by atoms with E-state index in [2.05, 4.69) is 22.2 Å². The predicted molar refractivity (Wildman–Crippen MR) is 118 cm³/mol. The molecule has 0 amide bonds. The molecule has 4 aromatic heterocycles. The van der Waals surface area contributed by atoms with E-state index >= 15 is 0 Å². The van der Waals surface area contributed by atoms with Gasteiger partial charge in [-0.3, -0.25) is 4.68 Å². The number of rotatable bonds is 4. The summed E-state index contributed by atoms with van der Waals surface area (Å²) in [4.78, 5) is 10.3. The molecule has 8 heteroatoms. The fourth-order valence-electron chi connectivity index (χ4n) is 4.05. The van der Waals surface area contributed by atoms with Gasteiger partial charge in [-0.1, -0.05) is 11.3 Å². The fourth-order valence-corrected chi connectivity index (χ4v) is 7.27. The molecule has 2 fully saturated rings. The van der Waals surface area contributed by atoms with Gasteiger partial charge in [0.15, 0.2) is 5.65 Å². The maximum atomic E-state index is 13.0. The van der Waals surface area contributed by atoms with Gasteiger partial charge in [-0.05, 0) is 55.7 Å². The third kappa shape index (κ3) is 2.85. The Morgan fingerprint density at radius 3 is 2.79 bits per heavy atom. The second-order valence-corrected chi connectivity index (χ2v) is 11.1. The molecular weight excluding hydrogens is 402 g/mol. The van der Waals surface area contributed by atoms with Gasteiger partial charge in [-0.2, -0.15) is 5.10 Å². The molecule has 0 radical (unpaired) electrons. The Morgan fingerprint density at radius 1 is 1.24 bits per heavy atom. The van der Waals surface area contributed by atoms with E-state index in [9.17, 15) is 4.55 Å². The number of anilines is 1. The Hall–Kier alpha value is -2.16. The predicted octanol–water partition coefficient (Wildman–Crippen LogP) is 4.36. The number of pyridine rings is 2. The van der Waals surface area contributed by atoms with E-state index in [-0.39, 0.29) is 5.25 Å². The van der Waals surface area contributed by atoms with Crippen molar-refractivity contribution in [3.05, 3.63) is 30.1 Å². The van der Waals surface area contributed by atoms with Crippen molar-refractivity contribution in [2.75, 3.05) is 5.73 Å². The third-order valence-electron chi connectivity index (χ3n) is 6.02. The van der Waals surface area contributed by atoms with Crippen molar-refractivity contribution in [2.24, 2.45) is 7.05 Å². The van der Waals surface area contributed by atoms with Crippen molar-refractivity contribution in [1.82, 2.24) is 19.7 Å². The highest BCUT2D eigenvalue weighted by molar-refractivity contribution is 7.94. The Bertz CT molecular complexity index is 1260. The lowest BCUT2D eigenvalue weighted by atomic mass is 10.00. The standard InChI is InChI=1S/C21H21N5OS2/c1-26-10-13-7-12(9-23-19(13)25-26)16-8-15(11-5-6-11)17-18(22)21(28-20(17)24-16)29(27)14-3-2-4-14/h7-11,14H,2-6,22H2,1H3/t29-/m0/s1. The van der Waals surface area contributed by atoms with Crippen LogP contribution in [0.2, 0.25) is 0 Å². The minimum Gasteiger partial charge on any atom is -0.611 e. The summed E-state index contributed by atoms with van der Waals surface area (Å²) in [6, 6.07) is 4.25. The summed E-state index contributed by atoms with van der Waals surface area (Å²) in [6.45, 7) is 0. The van der Waals surface area contributed by atoms with Gasteiger partial charge in [-0.25, -0.2) is 9.97 Å². The molecule has 6 nitrogen and oxygen atoms in total. The third-order valence-corrected chi connectivity index (χ3v) is 9.32. The van der Waals surface area contributed by atoms with Crippen LogP contribution in [0.15, 0.2) is 28.7 Å². The van der Waals surface area contributed by atoms with E-state index in [1.807, 2.05) is 19.4 Å². The van der Waals surface area contributed by atoms with E-state index in [0.717, 1.165) is 49.6 Å². The smallest absolute Gasteiger partial charge is 0.232 e. The molecule has 2 aliphatic rings. The van der Waals surface area contributed by atoms with Crippen molar-refractivity contribution in [3.63, 3.8) is 0 Å². The van der Waals surface area contributed by atoms with E-state index in [0.29, 0.717) is 11.6 Å². The summed E-state index contributed by atoms with van der Waals surface area (Å²) in [5, 5.41) is 6.64. The van der Waals surface area contributed by atoms with Gasteiger partial charge in [0.05, 0.1) is 5.69 Å². The average Bonchev–Trinajstić information content (AvgIpc) is 3.36. The normalized spacial score (nSPS) is 18.4. The largest absolute Gasteiger partial charge is 0.611 e. The number of hydrogen-bond donors (Lipinski definition) is 1. The van der Waals surface area contributed by atoms with Crippen LogP contribution in [0, 0.1) is 0 Å². The second-order valence-electron chi connectivity index (χ2n) is 8.14. The molecule has 2 N–H and O–H groups in total. The molecule has 148 valence electrons. The first-order chi connectivity index (χ1) is 14.1. The van der Waals surface area contributed by atoms with Gasteiger partial charge < -0.3 is 10.3 Å². The molecule has 0 spiro atoms. The average molecular weight is 424 g/mol. The summed E-state index contributed by atoms with van der Waals surface area (Å²) >= 11 is 0.489. The lowest BCUT2D eigenvalue weighted by molar-refractivity contribution is 0.478. The van der Waals surface area contributed by atoms with E-state index in [1.165, 1.54) is 36.2 Å². The zero-order chi connectivity index (χ0) is 19.7. The summed E-state index contributed by atoms with van der Waals surface area (Å²) in [5.74, 6) is 0.524. The molecule has 4 heterocycles. The molecule has 2 saturated carbocycles.